The molecule has 0 aromatic heterocycles. The van der Waals surface area contributed by atoms with Gasteiger partial charge < -0.3 is 10.1 Å². The first kappa shape index (κ1) is 24.5. The quantitative estimate of drug-likeness (QED) is 0.170. The molecule has 3 aromatic carbocycles. The van der Waals surface area contributed by atoms with Crippen LogP contribution in [-0.2, 0) is 11.4 Å². The molecule has 3 rings (SSSR count). The predicted molar refractivity (Wildman–Crippen MR) is 136 cm³/mol. The second-order valence-electron chi connectivity index (χ2n) is 6.49. The van der Waals surface area contributed by atoms with Crippen molar-refractivity contribution in [3.05, 3.63) is 95.2 Å². The number of hydrogen-bond acceptors (Lipinski definition) is 3. The summed E-state index contributed by atoms with van der Waals surface area (Å²) in [5.41, 5.74) is 1.65. The van der Waals surface area contributed by atoms with E-state index in [4.69, 9.17) is 27.9 Å². The second-order valence-corrected chi connectivity index (χ2v) is 9.32. The zero-order valence-electron chi connectivity index (χ0n) is 16.1. The van der Waals surface area contributed by atoms with E-state index in [1.165, 1.54) is 24.3 Å². The third-order valence-electron chi connectivity index (χ3n) is 4.15. The number of benzene rings is 3. The fourth-order valence-corrected chi connectivity index (χ4v) is 4.74. The Morgan fingerprint density at radius 2 is 1.97 bits per heavy atom. The zero-order chi connectivity index (χ0) is 23.3. The van der Waals surface area contributed by atoms with Crippen molar-refractivity contribution < 1.29 is 13.9 Å². The Hall–Kier alpha value is -2.12. The summed E-state index contributed by atoms with van der Waals surface area (Å²) < 4.78 is 20.6. The summed E-state index contributed by atoms with van der Waals surface area (Å²) in [6.07, 6.45) is 1.47. The lowest BCUT2D eigenvalue weighted by atomic mass is 10.1. The summed E-state index contributed by atoms with van der Waals surface area (Å²) in [5, 5.41) is 12.7. The fraction of sp³-hybridized carbons (Fsp3) is 0.0435. The number of rotatable bonds is 6. The summed E-state index contributed by atoms with van der Waals surface area (Å²) in [4.78, 5) is 12.5. The van der Waals surface area contributed by atoms with Crippen LogP contribution in [0.1, 0.15) is 11.1 Å². The number of carbonyl (C=O) groups excluding carboxylic acids is 1. The molecule has 0 atom stereocenters. The summed E-state index contributed by atoms with van der Waals surface area (Å²) in [6.45, 7) is 0.192. The average Bonchev–Trinajstić information content (AvgIpc) is 2.74. The third-order valence-corrected chi connectivity index (χ3v) is 6.28. The van der Waals surface area contributed by atoms with E-state index in [1.54, 1.807) is 36.4 Å². The standard InChI is InChI=1S/C23H13BrCl2FIN2O2/c24-18-8-14(9-21(28)22(18)32-12-13-2-1-3-16(27)7-13)6-15(11-29)23(31)30-17-4-5-19(25)20(26)10-17/h1-10H,12H2,(H,30,31)/b15-6+. The van der Waals surface area contributed by atoms with Gasteiger partial charge in [0.15, 0.2) is 0 Å². The monoisotopic (exact) mass is 644 g/mol. The molecular weight excluding hydrogens is 633 g/mol. The molecule has 0 aliphatic rings. The van der Waals surface area contributed by atoms with Crippen LogP contribution in [0.2, 0.25) is 10.0 Å². The molecule has 9 heteroatoms. The molecule has 4 nitrogen and oxygen atoms in total. The van der Waals surface area contributed by atoms with Gasteiger partial charge in [-0.1, -0.05) is 35.3 Å². The van der Waals surface area contributed by atoms with E-state index >= 15 is 0 Å². The molecule has 32 heavy (non-hydrogen) atoms. The topological polar surface area (TPSA) is 62.1 Å². The molecular formula is C23H13BrCl2FIN2O2. The lowest BCUT2D eigenvalue weighted by molar-refractivity contribution is -0.112. The molecule has 1 amide bonds. The molecule has 0 spiro atoms. The van der Waals surface area contributed by atoms with Gasteiger partial charge >= 0.3 is 0 Å². The number of nitrogens with zero attached hydrogens (tertiary/aromatic N) is 1. The minimum Gasteiger partial charge on any atom is -0.487 e. The smallest absolute Gasteiger partial charge is 0.266 e. The van der Waals surface area contributed by atoms with Crippen LogP contribution in [-0.4, -0.2) is 5.91 Å². The number of hydrogen-bond donors (Lipinski definition) is 1. The van der Waals surface area contributed by atoms with Crippen molar-refractivity contribution in [1.82, 2.24) is 0 Å². The maximum Gasteiger partial charge on any atom is 0.266 e. The van der Waals surface area contributed by atoms with Crippen LogP contribution in [0.3, 0.4) is 0 Å². The summed E-state index contributed by atoms with van der Waals surface area (Å²) in [7, 11) is 0. The van der Waals surface area contributed by atoms with E-state index in [9.17, 15) is 14.4 Å². The van der Waals surface area contributed by atoms with Crippen LogP contribution >= 0.6 is 61.7 Å². The predicted octanol–water partition coefficient (Wildman–Crippen LogP) is 7.62. The SMILES string of the molecule is N#C/C(=C\c1cc(Br)c(OCc2cccc(F)c2)c(I)c1)C(=O)Nc1ccc(Cl)c(Cl)c1. The van der Waals surface area contributed by atoms with Crippen molar-refractivity contribution in [2.24, 2.45) is 0 Å². The highest BCUT2D eigenvalue weighted by Gasteiger charge is 2.13. The van der Waals surface area contributed by atoms with Gasteiger partial charge in [0, 0.05) is 5.69 Å². The van der Waals surface area contributed by atoms with Gasteiger partial charge in [-0.05, 0) is 98.2 Å². The van der Waals surface area contributed by atoms with Crippen LogP contribution in [0.25, 0.3) is 6.08 Å². The first-order valence-electron chi connectivity index (χ1n) is 9.01. The first-order chi connectivity index (χ1) is 15.3. The highest BCUT2D eigenvalue weighted by atomic mass is 127. The van der Waals surface area contributed by atoms with Crippen molar-refractivity contribution in [2.45, 2.75) is 6.61 Å². The molecule has 0 aliphatic heterocycles. The summed E-state index contributed by atoms with van der Waals surface area (Å²) in [5.74, 6) is -0.335. The Balaban J connectivity index is 1.77. The molecule has 0 bridgehead atoms. The number of ether oxygens (including phenoxy) is 1. The molecule has 0 fully saturated rings. The molecule has 0 unspecified atom stereocenters. The molecule has 0 saturated heterocycles. The number of halogens is 5. The van der Waals surface area contributed by atoms with Gasteiger partial charge in [0.25, 0.3) is 5.91 Å². The van der Waals surface area contributed by atoms with Crippen molar-refractivity contribution >= 4 is 79.4 Å². The van der Waals surface area contributed by atoms with Gasteiger partial charge in [-0.15, -0.1) is 0 Å². The number of nitriles is 1. The number of anilines is 1. The van der Waals surface area contributed by atoms with E-state index in [1.807, 2.05) is 6.07 Å². The number of carbonyl (C=O) groups is 1. The van der Waals surface area contributed by atoms with E-state index < -0.39 is 5.91 Å². The maximum atomic E-state index is 13.4. The van der Waals surface area contributed by atoms with E-state index in [0.29, 0.717) is 37.1 Å². The average molecular weight is 646 g/mol. The van der Waals surface area contributed by atoms with Crippen LogP contribution in [0.4, 0.5) is 10.1 Å². The molecule has 3 aromatic rings. The zero-order valence-corrected chi connectivity index (χ0v) is 21.4. The summed E-state index contributed by atoms with van der Waals surface area (Å²) in [6, 6.07) is 16.2. The Kier molecular flexibility index (Phi) is 8.54. The fourth-order valence-electron chi connectivity index (χ4n) is 2.67. The summed E-state index contributed by atoms with van der Waals surface area (Å²) >= 11 is 17.4. The van der Waals surface area contributed by atoms with Gasteiger partial charge in [-0.25, -0.2) is 4.39 Å². The van der Waals surface area contributed by atoms with Gasteiger partial charge in [0.05, 0.1) is 18.1 Å². The van der Waals surface area contributed by atoms with Crippen molar-refractivity contribution in [3.8, 4) is 11.8 Å². The Morgan fingerprint density at radius 3 is 2.62 bits per heavy atom. The second kappa shape index (κ2) is 11.1. The minimum atomic E-state index is -0.580. The molecule has 0 radical (unpaired) electrons. The lowest BCUT2D eigenvalue weighted by Gasteiger charge is -2.12. The highest BCUT2D eigenvalue weighted by molar-refractivity contribution is 14.1. The highest BCUT2D eigenvalue weighted by Crippen LogP contribution is 2.33. The Morgan fingerprint density at radius 1 is 1.19 bits per heavy atom. The van der Waals surface area contributed by atoms with Gasteiger partial charge in [-0.3, -0.25) is 4.79 Å². The van der Waals surface area contributed by atoms with Crippen LogP contribution in [0, 0.1) is 20.7 Å². The van der Waals surface area contributed by atoms with E-state index in [-0.39, 0.29) is 18.0 Å². The molecule has 0 saturated carbocycles. The van der Waals surface area contributed by atoms with Gasteiger partial charge in [0.1, 0.15) is 29.8 Å². The molecule has 162 valence electrons. The van der Waals surface area contributed by atoms with Crippen molar-refractivity contribution in [1.29, 1.82) is 5.26 Å². The van der Waals surface area contributed by atoms with Gasteiger partial charge in [0.2, 0.25) is 0 Å². The minimum absolute atomic E-state index is 0.0906. The molecule has 0 heterocycles. The van der Waals surface area contributed by atoms with E-state index in [0.717, 1.165) is 3.57 Å². The van der Waals surface area contributed by atoms with Crippen molar-refractivity contribution in [2.75, 3.05) is 5.32 Å². The number of nitrogens with one attached hydrogen (secondary N) is 1. The van der Waals surface area contributed by atoms with Crippen LogP contribution < -0.4 is 10.1 Å². The van der Waals surface area contributed by atoms with Gasteiger partial charge in [-0.2, -0.15) is 5.26 Å². The molecule has 1 N–H and O–H groups in total. The largest absolute Gasteiger partial charge is 0.487 e. The lowest BCUT2D eigenvalue weighted by Crippen LogP contribution is -2.13. The third kappa shape index (κ3) is 6.45. The molecule has 0 aliphatic carbocycles. The first-order valence-corrected chi connectivity index (χ1v) is 11.6. The Bertz CT molecular complexity index is 1240. The normalized spacial score (nSPS) is 11.1. The number of amides is 1. The van der Waals surface area contributed by atoms with Crippen LogP contribution in [0.15, 0.2) is 64.6 Å². The van der Waals surface area contributed by atoms with E-state index in [2.05, 4.69) is 43.8 Å². The Labute approximate surface area is 216 Å². The van der Waals surface area contributed by atoms with Crippen LogP contribution in [0.5, 0.6) is 5.75 Å². The maximum absolute atomic E-state index is 13.4. The van der Waals surface area contributed by atoms with Crippen molar-refractivity contribution in [3.63, 3.8) is 0 Å².